The van der Waals surface area contributed by atoms with Crippen molar-refractivity contribution in [3.63, 3.8) is 0 Å². The van der Waals surface area contributed by atoms with Crippen LogP contribution in [0.4, 0.5) is 0 Å². The van der Waals surface area contributed by atoms with E-state index in [9.17, 15) is 0 Å². The molecule has 0 aromatic rings. The summed E-state index contributed by atoms with van der Waals surface area (Å²) in [6, 6.07) is 0. The third-order valence-electron chi connectivity index (χ3n) is 12.3. The third-order valence-corrected chi connectivity index (χ3v) is 12.3. The molecule has 0 heterocycles. The van der Waals surface area contributed by atoms with E-state index in [0.29, 0.717) is 16.9 Å². The van der Waals surface area contributed by atoms with Gasteiger partial charge in [0.25, 0.3) is 0 Å². The van der Waals surface area contributed by atoms with Gasteiger partial charge in [0.15, 0.2) is 0 Å². The van der Waals surface area contributed by atoms with Gasteiger partial charge in [-0.2, -0.15) is 0 Å². The summed E-state index contributed by atoms with van der Waals surface area (Å²) in [6.07, 6.45) is 29.5. The minimum atomic E-state index is 0.445. The van der Waals surface area contributed by atoms with Crippen LogP contribution in [0.3, 0.4) is 0 Å². The molecule has 0 saturated heterocycles. The Morgan fingerprint density at radius 1 is 0.923 bits per heavy atom. The van der Waals surface area contributed by atoms with Gasteiger partial charge in [-0.25, -0.2) is 0 Å². The highest BCUT2D eigenvalue weighted by molar-refractivity contribution is 5.26. The first-order valence-corrected chi connectivity index (χ1v) is 17.9. The van der Waals surface area contributed by atoms with E-state index in [1.54, 1.807) is 11.1 Å². The van der Waals surface area contributed by atoms with Gasteiger partial charge in [-0.3, -0.25) is 0 Å². The SMILES string of the molecule is CC.CCCCCCC(OC1CCC2(C)C(=CCC3C2CCC2(C)C(CCCCC(C)C)CC[C@@H]32)C1)=C1CC1. The number of allylic oxidation sites excluding steroid dienone is 3. The number of hydrogen-bond acceptors (Lipinski definition) is 1. The standard InChI is InChI=1S/C36H60O.C2H6/c1-6-7-8-9-14-34(27-15-16-27)37-30-21-23-36(5)29(25-30)17-19-31-32-20-18-28(13-11-10-12-26(2)3)35(32,4)24-22-33(31)36;1-2/h17,26,28,30-33H,6-16,18-25H2,1-5H3;1-2H3/t28?,30?,31?,32-,33?,35?,36?;/m0./s1. The fourth-order valence-electron chi connectivity index (χ4n) is 9.83. The second-order valence-corrected chi connectivity index (χ2v) is 15.1. The van der Waals surface area contributed by atoms with Crippen molar-refractivity contribution in [1.29, 1.82) is 0 Å². The smallest absolute Gasteiger partial charge is 0.102 e. The summed E-state index contributed by atoms with van der Waals surface area (Å²) in [5, 5.41) is 0. The molecule has 0 radical (unpaired) electrons. The average molecular weight is 539 g/mol. The van der Waals surface area contributed by atoms with E-state index in [-0.39, 0.29) is 0 Å². The highest BCUT2D eigenvalue weighted by Crippen LogP contribution is 2.67. The third kappa shape index (κ3) is 7.02. The van der Waals surface area contributed by atoms with E-state index in [4.69, 9.17) is 4.74 Å². The summed E-state index contributed by atoms with van der Waals surface area (Å²) in [5.41, 5.74) is 4.52. The number of rotatable bonds is 12. The van der Waals surface area contributed by atoms with Crippen molar-refractivity contribution in [1.82, 2.24) is 0 Å². The lowest BCUT2D eigenvalue weighted by Gasteiger charge is -2.58. The maximum Gasteiger partial charge on any atom is 0.102 e. The van der Waals surface area contributed by atoms with Crippen LogP contribution in [-0.2, 0) is 4.74 Å². The molecule has 4 fully saturated rings. The Morgan fingerprint density at radius 3 is 2.44 bits per heavy atom. The van der Waals surface area contributed by atoms with Crippen LogP contribution in [0.2, 0.25) is 0 Å². The van der Waals surface area contributed by atoms with Crippen molar-refractivity contribution in [2.45, 2.75) is 177 Å². The molecule has 0 spiro atoms. The van der Waals surface area contributed by atoms with Gasteiger partial charge in [-0.15, -0.1) is 0 Å². The van der Waals surface area contributed by atoms with Gasteiger partial charge in [-0.1, -0.05) is 98.6 Å². The number of ether oxygens (including phenoxy) is 1. The Morgan fingerprint density at radius 2 is 1.72 bits per heavy atom. The van der Waals surface area contributed by atoms with E-state index in [1.165, 1.54) is 128 Å². The van der Waals surface area contributed by atoms with Crippen LogP contribution >= 0.6 is 0 Å². The number of fused-ring (bicyclic) bond motifs is 5. The van der Waals surface area contributed by atoms with Crippen molar-refractivity contribution >= 4 is 0 Å². The Kier molecular flexibility index (Phi) is 11.2. The zero-order chi connectivity index (χ0) is 28.0. The van der Waals surface area contributed by atoms with Crippen molar-refractivity contribution in [3.05, 3.63) is 23.0 Å². The van der Waals surface area contributed by atoms with E-state index in [0.717, 1.165) is 29.6 Å². The van der Waals surface area contributed by atoms with Gasteiger partial charge < -0.3 is 4.74 Å². The lowest BCUT2D eigenvalue weighted by molar-refractivity contribution is -0.0536. The molecule has 6 unspecified atom stereocenters. The summed E-state index contributed by atoms with van der Waals surface area (Å²) in [6.45, 7) is 16.5. The molecule has 7 atom stereocenters. The Bertz CT molecular complexity index is 828. The highest BCUT2D eigenvalue weighted by atomic mass is 16.5. The maximum absolute atomic E-state index is 6.83. The van der Waals surface area contributed by atoms with Crippen molar-refractivity contribution in [3.8, 4) is 0 Å². The molecule has 5 aliphatic carbocycles. The van der Waals surface area contributed by atoms with E-state index in [2.05, 4.69) is 40.7 Å². The predicted molar refractivity (Wildman–Crippen MR) is 170 cm³/mol. The van der Waals surface area contributed by atoms with Crippen LogP contribution in [0.25, 0.3) is 0 Å². The molecule has 0 N–H and O–H groups in total. The maximum atomic E-state index is 6.83. The first kappa shape index (κ1) is 31.2. The minimum absolute atomic E-state index is 0.445. The molecule has 1 heteroatoms. The van der Waals surface area contributed by atoms with Crippen LogP contribution in [-0.4, -0.2) is 6.10 Å². The first-order chi connectivity index (χ1) is 18.8. The molecule has 5 rings (SSSR count). The molecule has 5 aliphatic rings. The fraction of sp³-hybridized carbons (Fsp3) is 0.895. The molecule has 224 valence electrons. The lowest BCUT2D eigenvalue weighted by Crippen LogP contribution is -2.50. The van der Waals surface area contributed by atoms with Crippen molar-refractivity contribution in [2.75, 3.05) is 0 Å². The van der Waals surface area contributed by atoms with E-state index >= 15 is 0 Å². The zero-order valence-corrected chi connectivity index (χ0v) is 27.4. The Labute approximate surface area is 244 Å². The average Bonchev–Trinajstić information content (AvgIpc) is 3.72. The van der Waals surface area contributed by atoms with Gasteiger partial charge >= 0.3 is 0 Å². The zero-order valence-electron chi connectivity index (χ0n) is 27.4. The highest BCUT2D eigenvalue weighted by Gasteiger charge is 2.58. The first-order valence-electron chi connectivity index (χ1n) is 17.9. The Balaban J connectivity index is 0.00000172. The molecular formula is C38H66O. The number of hydrogen-bond donors (Lipinski definition) is 0. The van der Waals surface area contributed by atoms with Crippen molar-refractivity contribution in [2.24, 2.45) is 40.4 Å². The van der Waals surface area contributed by atoms with E-state index in [1.807, 2.05) is 13.8 Å². The van der Waals surface area contributed by atoms with Crippen LogP contribution in [0.15, 0.2) is 23.0 Å². The minimum Gasteiger partial charge on any atom is -0.494 e. The number of unbranched alkanes of at least 4 members (excludes halogenated alkanes) is 4. The second-order valence-electron chi connectivity index (χ2n) is 15.1. The molecule has 1 nitrogen and oxygen atoms in total. The van der Waals surface area contributed by atoms with E-state index < -0.39 is 0 Å². The van der Waals surface area contributed by atoms with Crippen LogP contribution in [0.1, 0.15) is 170 Å². The fourth-order valence-corrected chi connectivity index (χ4v) is 9.83. The predicted octanol–water partition coefficient (Wildman–Crippen LogP) is 12.2. The Hall–Kier alpha value is -0.720. The molecule has 4 saturated carbocycles. The molecule has 0 bridgehead atoms. The summed E-state index contributed by atoms with van der Waals surface area (Å²) in [7, 11) is 0. The second kappa shape index (κ2) is 14.0. The normalized spacial score (nSPS) is 36.8. The van der Waals surface area contributed by atoms with Gasteiger partial charge in [0, 0.05) is 12.8 Å². The molecule has 0 aromatic heterocycles. The van der Waals surface area contributed by atoms with Gasteiger partial charge in [0.1, 0.15) is 6.10 Å². The van der Waals surface area contributed by atoms with Gasteiger partial charge in [0.2, 0.25) is 0 Å². The van der Waals surface area contributed by atoms with Crippen LogP contribution in [0.5, 0.6) is 0 Å². The largest absolute Gasteiger partial charge is 0.494 e. The lowest BCUT2D eigenvalue weighted by atomic mass is 9.47. The van der Waals surface area contributed by atoms with Crippen LogP contribution < -0.4 is 0 Å². The topological polar surface area (TPSA) is 9.23 Å². The summed E-state index contributed by atoms with van der Waals surface area (Å²) < 4.78 is 6.83. The molecule has 0 aliphatic heterocycles. The molecular weight excluding hydrogens is 472 g/mol. The summed E-state index contributed by atoms with van der Waals surface area (Å²) in [5.74, 6) is 6.15. The molecule has 0 amide bonds. The monoisotopic (exact) mass is 539 g/mol. The summed E-state index contributed by atoms with van der Waals surface area (Å²) in [4.78, 5) is 0. The molecule has 39 heavy (non-hydrogen) atoms. The van der Waals surface area contributed by atoms with Gasteiger partial charge in [0.05, 0.1) is 5.76 Å². The van der Waals surface area contributed by atoms with Crippen molar-refractivity contribution < 1.29 is 4.74 Å². The molecule has 0 aromatic carbocycles. The summed E-state index contributed by atoms with van der Waals surface area (Å²) >= 11 is 0. The van der Waals surface area contributed by atoms with Crippen LogP contribution in [0, 0.1) is 40.4 Å². The quantitative estimate of drug-likeness (QED) is 0.136. The van der Waals surface area contributed by atoms with Gasteiger partial charge in [-0.05, 0) is 117 Å².